The van der Waals surface area contributed by atoms with E-state index >= 15 is 0 Å². The molecule has 0 aliphatic carbocycles. The topological polar surface area (TPSA) is 110 Å². The normalized spacial score (nSPS) is 23.4. The average Bonchev–Trinajstić information content (AvgIpc) is 2.75. The van der Waals surface area contributed by atoms with Gasteiger partial charge in [0.05, 0.1) is 12.6 Å². The molecule has 2 atom stereocenters. The zero-order valence-corrected chi connectivity index (χ0v) is 19.4. The summed E-state index contributed by atoms with van der Waals surface area (Å²) >= 11 is 0. The molecular weight excluding hydrogens is 410 g/mol. The van der Waals surface area contributed by atoms with Crippen molar-refractivity contribution >= 4 is 18.3 Å². The smallest absolute Gasteiger partial charge is 0.290 e. The summed E-state index contributed by atoms with van der Waals surface area (Å²) in [6.45, 7) is 9.32. The molecule has 0 unspecified atom stereocenters. The lowest BCUT2D eigenvalue weighted by molar-refractivity contribution is -0.142. The van der Waals surface area contributed by atoms with Crippen molar-refractivity contribution in [3.05, 3.63) is 35.4 Å². The second kappa shape index (κ2) is 12.0. The Kier molecular flexibility index (Phi) is 9.65. The van der Waals surface area contributed by atoms with Crippen LogP contribution in [0.15, 0.2) is 24.3 Å². The highest BCUT2D eigenvalue weighted by Gasteiger charge is 2.46. The standard InChI is InChI=1S/C23H35N3O3.CH2O2/c1-17(2)22(29)24-13-21(28)26-10-5-9-23(16-26)15-25(11-8-20(23)27)14-19-7-4-6-18(3)12-19;2-1-3/h4,6-7,12,17,20,27H,5,8-11,13-16H2,1-3H3,(H,24,29);1H,(H,2,3)/t20-,23-;/m1./s1. The predicted octanol–water partition coefficient (Wildman–Crippen LogP) is 1.64. The number of piperidine rings is 2. The Labute approximate surface area is 190 Å². The average molecular weight is 448 g/mol. The number of carboxylic acid groups (broad SMARTS) is 1. The van der Waals surface area contributed by atoms with Gasteiger partial charge in [-0.15, -0.1) is 0 Å². The molecule has 178 valence electrons. The maximum Gasteiger partial charge on any atom is 0.290 e. The molecule has 8 heteroatoms. The van der Waals surface area contributed by atoms with Crippen LogP contribution < -0.4 is 5.32 Å². The van der Waals surface area contributed by atoms with Crippen LogP contribution in [0, 0.1) is 18.3 Å². The van der Waals surface area contributed by atoms with Gasteiger partial charge in [-0.3, -0.25) is 19.3 Å². The van der Waals surface area contributed by atoms with Crippen LogP contribution in [-0.4, -0.2) is 77.1 Å². The first-order valence-electron chi connectivity index (χ1n) is 11.3. The maximum absolute atomic E-state index is 12.7. The molecule has 3 rings (SSSR count). The van der Waals surface area contributed by atoms with Crippen molar-refractivity contribution in [2.75, 3.05) is 32.7 Å². The number of amides is 2. The van der Waals surface area contributed by atoms with Gasteiger partial charge in [0.1, 0.15) is 0 Å². The van der Waals surface area contributed by atoms with Crippen LogP contribution in [-0.2, 0) is 20.9 Å². The third-order valence-corrected chi connectivity index (χ3v) is 6.35. The van der Waals surface area contributed by atoms with Crippen molar-refractivity contribution in [3.8, 4) is 0 Å². The number of nitrogens with zero attached hydrogens (tertiary/aromatic N) is 2. The fourth-order valence-corrected chi connectivity index (χ4v) is 4.70. The number of nitrogens with one attached hydrogen (secondary N) is 1. The summed E-state index contributed by atoms with van der Waals surface area (Å²) < 4.78 is 0. The fourth-order valence-electron chi connectivity index (χ4n) is 4.70. The van der Waals surface area contributed by atoms with E-state index in [-0.39, 0.29) is 36.2 Å². The number of rotatable bonds is 5. The quantitative estimate of drug-likeness (QED) is 0.592. The summed E-state index contributed by atoms with van der Waals surface area (Å²) in [5, 5.41) is 20.5. The van der Waals surface area contributed by atoms with Crippen LogP contribution in [0.5, 0.6) is 0 Å². The summed E-state index contributed by atoms with van der Waals surface area (Å²) in [6.07, 6.45) is 2.16. The Morgan fingerprint density at radius 1 is 1.28 bits per heavy atom. The molecule has 2 saturated heterocycles. The van der Waals surface area contributed by atoms with E-state index in [0.29, 0.717) is 13.1 Å². The van der Waals surface area contributed by atoms with E-state index in [1.807, 2.05) is 18.7 Å². The van der Waals surface area contributed by atoms with Gasteiger partial charge in [-0.25, -0.2) is 0 Å². The van der Waals surface area contributed by atoms with Crippen LogP contribution in [0.25, 0.3) is 0 Å². The highest BCUT2D eigenvalue weighted by atomic mass is 16.3. The van der Waals surface area contributed by atoms with Crippen LogP contribution in [0.3, 0.4) is 0 Å². The second-order valence-electron chi connectivity index (χ2n) is 9.26. The van der Waals surface area contributed by atoms with E-state index in [1.165, 1.54) is 11.1 Å². The van der Waals surface area contributed by atoms with Gasteiger partial charge in [0.2, 0.25) is 11.8 Å². The molecule has 3 N–H and O–H groups in total. The number of aryl methyl sites for hydroxylation is 1. The van der Waals surface area contributed by atoms with Crippen LogP contribution in [0.4, 0.5) is 0 Å². The van der Waals surface area contributed by atoms with Crippen LogP contribution in [0.1, 0.15) is 44.2 Å². The van der Waals surface area contributed by atoms with Crippen molar-refractivity contribution in [1.29, 1.82) is 0 Å². The predicted molar refractivity (Wildman–Crippen MR) is 122 cm³/mol. The summed E-state index contributed by atoms with van der Waals surface area (Å²) in [4.78, 5) is 37.1. The van der Waals surface area contributed by atoms with Gasteiger partial charge in [0, 0.05) is 44.1 Å². The zero-order chi connectivity index (χ0) is 23.7. The third-order valence-electron chi connectivity index (χ3n) is 6.35. The van der Waals surface area contributed by atoms with Crippen molar-refractivity contribution in [2.45, 2.75) is 52.7 Å². The molecule has 2 fully saturated rings. The molecule has 0 bridgehead atoms. The maximum atomic E-state index is 12.7. The lowest BCUT2D eigenvalue weighted by Gasteiger charge is -2.51. The Balaban J connectivity index is 0.00000114. The van der Waals surface area contributed by atoms with Crippen molar-refractivity contribution in [3.63, 3.8) is 0 Å². The van der Waals surface area contributed by atoms with Crippen LogP contribution in [0.2, 0.25) is 0 Å². The molecule has 1 spiro atoms. The van der Waals surface area contributed by atoms with Gasteiger partial charge in [-0.2, -0.15) is 0 Å². The summed E-state index contributed by atoms with van der Waals surface area (Å²) in [6, 6.07) is 8.56. The molecule has 1 aromatic carbocycles. The largest absolute Gasteiger partial charge is 0.483 e. The van der Waals surface area contributed by atoms with E-state index < -0.39 is 6.10 Å². The van der Waals surface area contributed by atoms with Crippen LogP contribution >= 0.6 is 0 Å². The van der Waals surface area contributed by atoms with Crippen molar-refractivity contribution in [2.24, 2.45) is 11.3 Å². The minimum absolute atomic E-state index is 0.0379. The Morgan fingerprint density at radius 2 is 2.00 bits per heavy atom. The zero-order valence-electron chi connectivity index (χ0n) is 19.4. The van der Waals surface area contributed by atoms with Gasteiger partial charge in [-0.05, 0) is 31.7 Å². The minimum atomic E-state index is -0.392. The van der Waals surface area contributed by atoms with E-state index in [9.17, 15) is 14.7 Å². The van der Waals surface area contributed by atoms with Gasteiger partial charge < -0.3 is 20.4 Å². The molecule has 8 nitrogen and oxygen atoms in total. The lowest BCUT2D eigenvalue weighted by atomic mass is 9.71. The first-order chi connectivity index (χ1) is 15.2. The number of aliphatic hydroxyl groups is 1. The molecule has 2 heterocycles. The number of carbonyl (C=O) groups is 3. The molecule has 2 amide bonds. The van der Waals surface area contributed by atoms with Gasteiger partial charge in [0.15, 0.2) is 0 Å². The van der Waals surface area contributed by atoms with E-state index in [2.05, 4.69) is 41.4 Å². The van der Waals surface area contributed by atoms with E-state index in [1.54, 1.807) is 0 Å². The summed E-state index contributed by atoms with van der Waals surface area (Å²) in [7, 11) is 0. The highest BCUT2D eigenvalue weighted by molar-refractivity contribution is 5.85. The Hall–Kier alpha value is -2.45. The Bertz CT molecular complexity index is 785. The number of hydrogen-bond donors (Lipinski definition) is 3. The molecule has 0 radical (unpaired) electrons. The summed E-state index contributed by atoms with van der Waals surface area (Å²) in [5.41, 5.74) is 2.27. The molecule has 32 heavy (non-hydrogen) atoms. The fraction of sp³-hybridized carbons (Fsp3) is 0.625. The number of aliphatic hydroxyl groups excluding tert-OH is 1. The van der Waals surface area contributed by atoms with Gasteiger partial charge in [-0.1, -0.05) is 43.7 Å². The molecular formula is C24H37N3O5. The number of hydrogen-bond acceptors (Lipinski definition) is 5. The Morgan fingerprint density at radius 3 is 2.66 bits per heavy atom. The highest BCUT2D eigenvalue weighted by Crippen LogP contribution is 2.39. The minimum Gasteiger partial charge on any atom is -0.483 e. The first-order valence-corrected chi connectivity index (χ1v) is 11.3. The molecule has 0 aromatic heterocycles. The molecule has 2 aliphatic heterocycles. The van der Waals surface area contributed by atoms with Gasteiger partial charge in [0.25, 0.3) is 6.47 Å². The first kappa shape index (κ1) is 25.8. The SMILES string of the molecule is Cc1cccc(CN2CC[C@@H](O)[C@]3(CCCN(C(=O)CNC(=O)C(C)C)C3)C2)c1.O=CO. The summed E-state index contributed by atoms with van der Waals surface area (Å²) in [5.74, 6) is -0.293. The number of likely N-dealkylation sites (tertiary alicyclic amines) is 2. The molecule has 1 aromatic rings. The van der Waals surface area contributed by atoms with E-state index in [4.69, 9.17) is 9.90 Å². The van der Waals surface area contributed by atoms with Crippen molar-refractivity contribution < 1.29 is 24.6 Å². The number of carbonyl (C=O) groups excluding carboxylic acids is 2. The third kappa shape index (κ3) is 7.03. The van der Waals surface area contributed by atoms with Crippen molar-refractivity contribution in [1.82, 2.24) is 15.1 Å². The molecule has 2 aliphatic rings. The molecule has 0 saturated carbocycles. The lowest BCUT2D eigenvalue weighted by Crippen LogP contribution is -2.60. The monoisotopic (exact) mass is 447 g/mol. The number of benzene rings is 1. The van der Waals surface area contributed by atoms with Gasteiger partial charge >= 0.3 is 0 Å². The van der Waals surface area contributed by atoms with E-state index in [0.717, 1.165) is 38.9 Å². The second-order valence-corrected chi connectivity index (χ2v) is 9.26.